The number of hydrogen-bond donors (Lipinski definition) is 3. The number of Topliss-reactive ketones (excluding diaryl/α,β-unsaturated/α-hetero) is 1. The number of rotatable bonds is 8. The summed E-state index contributed by atoms with van der Waals surface area (Å²) in [6.07, 6.45) is 4.40. The molecule has 0 radical (unpaired) electrons. The maximum atomic E-state index is 13.5. The highest BCUT2D eigenvalue weighted by Gasteiger charge is 2.43. The number of hydrogen-bond acceptors (Lipinski definition) is 6. The number of aromatic nitrogens is 2. The van der Waals surface area contributed by atoms with Crippen LogP contribution in [0.1, 0.15) is 75.5 Å². The third kappa shape index (κ3) is 5.32. The van der Waals surface area contributed by atoms with Crippen LogP contribution in [0.15, 0.2) is 23.2 Å². The fourth-order valence-electron chi connectivity index (χ4n) is 5.17. The fraction of sp³-hybridized carbons (Fsp3) is 0.560. The van der Waals surface area contributed by atoms with Gasteiger partial charge in [0.25, 0.3) is 0 Å². The van der Waals surface area contributed by atoms with Crippen LogP contribution in [0.25, 0.3) is 0 Å². The summed E-state index contributed by atoms with van der Waals surface area (Å²) in [5.74, 6) is -2.10. The van der Waals surface area contributed by atoms with E-state index in [1.54, 1.807) is 5.51 Å². The topological polar surface area (TPSA) is 122 Å². The minimum Gasteiger partial charge on any atom is -0.350 e. The number of carbonyl (C=O) groups excluding carboxylic acids is 4. The molecule has 188 valence electrons. The highest BCUT2D eigenvalue weighted by atomic mass is 32.1. The van der Waals surface area contributed by atoms with Crippen LogP contribution in [0.5, 0.6) is 0 Å². The van der Waals surface area contributed by atoms with E-state index >= 15 is 0 Å². The summed E-state index contributed by atoms with van der Waals surface area (Å²) in [6.45, 7) is 5.50. The van der Waals surface area contributed by atoms with E-state index in [1.807, 2.05) is 36.1 Å². The Morgan fingerprint density at radius 1 is 1.31 bits per heavy atom. The van der Waals surface area contributed by atoms with Crippen molar-refractivity contribution in [2.45, 2.75) is 77.5 Å². The van der Waals surface area contributed by atoms with Crippen LogP contribution in [-0.2, 0) is 32.1 Å². The molecule has 0 bridgehead atoms. The zero-order chi connectivity index (χ0) is 25.1. The molecule has 10 heteroatoms. The maximum Gasteiger partial charge on any atom is 0.244 e. The Morgan fingerprint density at radius 2 is 2.11 bits per heavy atom. The van der Waals surface area contributed by atoms with Gasteiger partial charge in [-0.1, -0.05) is 20.3 Å². The normalized spacial score (nSPS) is 22.9. The van der Waals surface area contributed by atoms with Gasteiger partial charge in [0, 0.05) is 30.6 Å². The molecule has 2 aromatic heterocycles. The zero-order valence-corrected chi connectivity index (χ0v) is 21.2. The molecule has 2 aromatic rings. The first-order chi connectivity index (χ1) is 16.8. The summed E-state index contributed by atoms with van der Waals surface area (Å²) in [6, 6.07) is 1.25. The average Bonchev–Trinajstić information content (AvgIpc) is 3.49. The molecule has 2 aliphatic rings. The summed E-state index contributed by atoms with van der Waals surface area (Å²) in [7, 11) is 0. The second kappa shape index (κ2) is 10.7. The van der Waals surface area contributed by atoms with Crippen LogP contribution < -0.4 is 16.0 Å². The van der Waals surface area contributed by atoms with Crippen molar-refractivity contribution in [2.24, 2.45) is 11.8 Å². The lowest BCUT2D eigenvalue weighted by molar-refractivity contribution is -0.134. The number of nitrogens with zero attached hydrogens (tertiary/aromatic N) is 2. The van der Waals surface area contributed by atoms with Gasteiger partial charge in [0.2, 0.25) is 17.7 Å². The highest BCUT2D eigenvalue weighted by Crippen LogP contribution is 2.40. The molecule has 3 N–H and O–H groups in total. The molecule has 1 aliphatic heterocycles. The van der Waals surface area contributed by atoms with Crippen molar-refractivity contribution < 1.29 is 19.2 Å². The molecule has 1 aliphatic carbocycles. The Labute approximate surface area is 209 Å². The first-order valence-electron chi connectivity index (χ1n) is 12.2. The fourth-order valence-corrected chi connectivity index (χ4v) is 5.73. The van der Waals surface area contributed by atoms with E-state index in [0.717, 1.165) is 36.2 Å². The van der Waals surface area contributed by atoms with Gasteiger partial charge in [0.15, 0.2) is 0 Å². The van der Waals surface area contributed by atoms with Crippen molar-refractivity contribution in [3.05, 3.63) is 40.1 Å². The van der Waals surface area contributed by atoms with Crippen molar-refractivity contribution in [1.29, 1.82) is 0 Å². The Kier molecular flexibility index (Phi) is 7.69. The van der Waals surface area contributed by atoms with Crippen molar-refractivity contribution in [1.82, 2.24) is 25.5 Å². The quantitative estimate of drug-likeness (QED) is 0.515. The van der Waals surface area contributed by atoms with Crippen LogP contribution in [0.2, 0.25) is 0 Å². The molecule has 3 heterocycles. The standard InChI is InChI=1S/C25H33N5O4S/c1-4-14(2)21(28-15(3)31)25(34)29-23-19(24(33)26-11-17-12-35-13-27-17)10-20(32)18-7-5-6-16-8-9-30(23)22(16)18/h8-9,12-14,18-19,21,23H,4-7,10-11H2,1-3H3,(H,26,33)(H,28,31)(H,29,34)/t14-,18?,19?,21-,23?/m0/s1. The van der Waals surface area contributed by atoms with Gasteiger partial charge in [-0.15, -0.1) is 11.3 Å². The van der Waals surface area contributed by atoms with E-state index in [2.05, 4.69) is 20.9 Å². The molecule has 35 heavy (non-hydrogen) atoms. The molecule has 5 atom stereocenters. The van der Waals surface area contributed by atoms with Crippen LogP contribution in [0.3, 0.4) is 0 Å². The van der Waals surface area contributed by atoms with Gasteiger partial charge in [0.1, 0.15) is 18.0 Å². The molecule has 3 unspecified atom stereocenters. The van der Waals surface area contributed by atoms with E-state index in [0.29, 0.717) is 6.42 Å². The van der Waals surface area contributed by atoms with E-state index in [-0.39, 0.29) is 48.3 Å². The van der Waals surface area contributed by atoms with Crippen molar-refractivity contribution in [2.75, 3.05) is 0 Å². The number of carbonyl (C=O) groups is 4. The minimum atomic E-state index is -0.790. The van der Waals surface area contributed by atoms with Gasteiger partial charge in [-0.25, -0.2) is 4.98 Å². The van der Waals surface area contributed by atoms with Gasteiger partial charge < -0.3 is 20.5 Å². The molecule has 0 spiro atoms. The summed E-state index contributed by atoms with van der Waals surface area (Å²) in [5, 5.41) is 10.6. The number of thiazole rings is 1. The third-order valence-corrected chi connectivity index (χ3v) is 7.85. The Bertz CT molecular complexity index is 1100. The SMILES string of the molecule is CC[C@H](C)[C@H](NC(C)=O)C(=O)NC1C(C(=O)NCc2cscn2)CC(=O)C2CCCc3ccn1c32. The summed E-state index contributed by atoms with van der Waals surface area (Å²) in [4.78, 5) is 56.3. The maximum absolute atomic E-state index is 13.5. The van der Waals surface area contributed by atoms with Gasteiger partial charge in [-0.2, -0.15) is 0 Å². The van der Waals surface area contributed by atoms with Crippen LogP contribution >= 0.6 is 11.3 Å². The van der Waals surface area contributed by atoms with Crippen molar-refractivity contribution in [3.63, 3.8) is 0 Å². The van der Waals surface area contributed by atoms with Gasteiger partial charge in [-0.05, 0) is 36.8 Å². The number of amides is 3. The largest absolute Gasteiger partial charge is 0.350 e. The Hall–Kier alpha value is -3.01. The molecule has 4 rings (SSSR count). The lowest BCUT2D eigenvalue weighted by atomic mass is 9.83. The average molecular weight is 500 g/mol. The number of ketones is 1. The zero-order valence-electron chi connectivity index (χ0n) is 20.4. The highest BCUT2D eigenvalue weighted by molar-refractivity contribution is 7.07. The second-order valence-electron chi connectivity index (χ2n) is 9.57. The first-order valence-corrected chi connectivity index (χ1v) is 13.2. The van der Waals surface area contributed by atoms with Crippen LogP contribution in [0, 0.1) is 11.8 Å². The lowest BCUT2D eigenvalue weighted by Crippen LogP contribution is -2.53. The number of nitrogens with one attached hydrogen (secondary N) is 3. The molecule has 0 fully saturated rings. The third-order valence-electron chi connectivity index (χ3n) is 7.21. The lowest BCUT2D eigenvalue weighted by Gasteiger charge is -2.31. The number of aryl methyl sites for hydroxylation is 1. The molecule has 0 saturated carbocycles. The summed E-state index contributed by atoms with van der Waals surface area (Å²) >= 11 is 1.44. The minimum absolute atomic E-state index is 0.0248. The van der Waals surface area contributed by atoms with E-state index in [9.17, 15) is 19.2 Å². The molecule has 0 aromatic carbocycles. The van der Waals surface area contributed by atoms with Crippen molar-refractivity contribution >= 4 is 34.8 Å². The summed E-state index contributed by atoms with van der Waals surface area (Å²) in [5.41, 5.74) is 4.44. The summed E-state index contributed by atoms with van der Waals surface area (Å²) < 4.78 is 1.91. The second-order valence-corrected chi connectivity index (χ2v) is 10.3. The molecular formula is C25H33N5O4S. The van der Waals surface area contributed by atoms with E-state index in [1.165, 1.54) is 18.3 Å². The monoisotopic (exact) mass is 499 g/mol. The molecule has 9 nitrogen and oxygen atoms in total. The predicted octanol–water partition coefficient (Wildman–Crippen LogP) is 2.44. The van der Waals surface area contributed by atoms with E-state index in [4.69, 9.17) is 0 Å². The van der Waals surface area contributed by atoms with E-state index < -0.39 is 18.1 Å². The van der Waals surface area contributed by atoms with Gasteiger partial charge in [-0.3, -0.25) is 19.2 Å². The first kappa shape index (κ1) is 25.1. The van der Waals surface area contributed by atoms with Crippen molar-refractivity contribution in [3.8, 4) is 0 Å². The smallest absolute Gasteiger partial charge is 0.244 e. The van der Waals surface area contributed by atoms with Crippen LogP contribution in [-0.4, -0.2) is 39.1 Å². The molecular weight excluding hydrogens is 466 g/mol. The van der Waals surface area contributed by atoms with Crippen LogP contribution in [0.4, 0.5) is 0 Å². The molecule has 0 saturated heterocycles. The van der Waals surface area contributed by atoms with Gasteiger partial charge >= 0.3 is 0 Å². The van der Waals surface area contributed by atoms with Gasteiger partial charge in [0.05, 0.1) is 29.6 Å². The Balaban J connectivity index is 1.67. The predicted molar refractivity (Wildman–Crippen MR) is 131 cm³/mol. The molecule has 3 amide bonds. The Morgan fingerprint density at radius 3 is 2.80 bits per heavy atom.